The molecule has 0 spiro atoms. The molecule has 0 saturated heterocycles. The third-order valence-corrected chi connectivity index (χ3v) is 2.85. The van der Waals surface area contributed by atoms with Gasteiger partial charge in [-0.2, -0.15) is 0 Å². The van der Waals surface area contributed by atoms with E-state index in [0.717, 1.165) is 11.8 Å². The number of ether oxygens (including phenoxy) is 1. The van der Waals surface area contributed by atoms with E-state index < -0.39 is 0 Å². The van der Waals surface area contributed by atoms with E-state index in [1.54, 1.807) is 0 Å². The molecular weight excluding hydrogens is 292 g/mol. The molecular formula is C15H17BrO2. The summed E-state index contributed by atoms with van der Waals surface area (Å²) in [7, 11) is 0. The van der Waals surface area contributed by atoms with E-state index in [-0.39, 0.29) is 6.10 Å². The van der Waals surface area contributed by atoms with Crippen molar-refractivity contribution in [3.63, 3.8) is 0 Å². The summed E-state index contributed by atoms with van der Waals surface area (Å²) in [5.74, 6) is 0. The number of halogens is 1. The summed E-state index contributed by atoms with van der Waals surface area (Å²) in [6, 6.07) is 10.1. The van der Waals surface area contributed by atoms with Gasteiger partial charge in [-0.1, -0.05) is 48.6 Å². The van der Waals surface area contributed by atoms with Crippen LogP contribution in [0.5, 0.6) is 0 Å². The van der Waals surface area contributed by atoms with Crippen molar-refractivity contribution in [2.24, 2.45) is 0 Å². The van der Waals surface area contributed by atoms with Crippen LogP contribution >= 0.6 is 15.9 Å². The topological polar surface area (TPSA) is 26.3 Å². The quantitative estimate of drug-likeness (QED) is 0.563. The number of rotatable bonds is 7. The molecule has 0 aromatic heterocycles. The smallest absolute Gasteiger partial charge is 0.156 e. The molecule has 18 heavy (non-hydrogen) atoms. The highest BCUT2D eigenvalue weighted by Gasteiger charge is 2.02. The Bertz CT molecular complexity index is 410. The number of hydrogen-bond donors (Lipinski definition) is 0. The normalized spacial score (nSPS) is 13.8. The van der Waals surface area contributed by atoms with Crippen LogP contribution in [0.3, 0.4) is 0 Å². The van der Waals surface area contributed by atoms with E-state index in [1.165, 1.54) is 0 Å². The third kappa shape index (κ3) is 5.94. The molecule has 0 N–H and O–H groups in total. The Morgan fingerprint density at radius 1 is 1.39 bits per heavy atom. The lowest BCUT2D eigenvalue weighted by molar-refractivity contribution is -0.104. The Balaban J connectivity index is 2.62. The second-order valence-corrected chi connectivity index (χ2v) is 4.62. The molecule has 0 amide bonds. The number of allylic oxidation sites excluding steroid dienone is 1. The molecule has 3 heteroatoms. The van der Waals surface area contributed by atoms with Crippen molar-refractivity contribution in [3.05, 3.63) is 52.5 Å². The van der Waals surface area contributed by atoms with Gasteiger partial charge in [0.05, 0.1) is 10.6 Å². The van der Waals surface area contributed by atoms with Gasteiger partial charge < -0.3 is 4.74 Å². The Morgan fingerprint density at radius 3 is 2.72 bits per heavy atom. The molecule has 1 aromatic rings. The molecule has 0 aliphatic carbocycles. The molecule has 1 atom stereocenters. The summed E-state index contributed by atoms with van der Waals surface area (Å²) in [6.07, 6.45) is 7.31. The molecule has 2 nitrogen and oxygen atoms in total. The highest BCUT2D eigenvalue weighted by molar-refractivity contribution is 9.12. The molecule has 0 radical (unpaired) electrons. The van der Waals surface area contributed by atoms with Crippen molar-refractivity contribution in [2.45, 2.75) is 19.4 Å². The van der Waals surface area contributed by atoms with E-state index in [0.29, 0.717) is 17.5 Å². The number of hydrogen-bond acceptors (Lipinski definition) is 2. The summed E-state index contributed by atoms with van der Waals surface area (Å²) in [4.78, 5) is 10.5. The van der Waals surface area contributed by atoms with Gasteiger partial charge in [0.25, 0.3) is 0 Å². The lowest BCUT2D eigenvalue weighted by atomic mass is 10.1. The molecule has 0 heterocycles. The first-order valence-electron chi connectivity index (χ1n) is 5.92. The Hall–Kier alpha value is -1.19. The molecule has 0 saturated carbocycles. The van der Waals surface area contributed by atoms with Gasteiger partial charge in [-0.3, -0.25) is 4.79 Å². The van der Waals surface area contributed by atoms with Crippen molar-refractivity contribution in [1.29, 1.82) is 0 Å². The predicted molar refractivity (Wildman–Crippen MR) is 78.6 cm³/mol. The average Bonchev–Trinajstić information content (AvgIpc) is 2.42. The summed E-state index contributed by atoms with van der Waals surface area (Å²) < 4.78 is 6.15. The summed E-state index contributed by atoms with van der Waals surface area (Å²) in [6.45, 7) is 2.61. The first-order chi connectivity index (χ1) is 8.76. The van der Waals surface area contributed by atoms with Crippen LogP contribution in [0.2, 0.25) is 0 Å². The van der Waals surface area contributed by atoms with Crippen LogP contribution in [-0.4, -0.2) is 19.0 Å². The number of carbonyl (C=O) groups is 1. The molecule has 0 aliphatic rings. The van der Waals surface area contributed by atoms with Gasteiger partial charge in [0, 0.05) is 6.61 Å². The molecule has 0 aliphatic heterocycles. The fourth-order valence-electron chi connectivity index (χ4n) is 1.48. The second kappa shape index (κ2) is 8.84. The molecule has 0 fully saturated rings. The van der Waals surface area contributed by atoms with Crippen LogP contribution in [-0.2, 0) is 9.53 Å². The van der Waals surface area contributed by atoms with Gasteiger partial charge in [-0.05, 0) is 34.8 Å². The van der Waals surface area contributed by atoms with E-state index in [2.05, 4.69) is 15.9 Å². The number of benzene rings is 1. The lowest BCUT2D eigenvalue weighted by Gasteiger charge is -2.10. The number of carbonyl (C=O) groups excluding carboxylic acids is 1. The average molecular weight is 309 g/mol. The fraction of sp³-hybridized carbons (Fsp3) is 0.267. The monoisotopic (exact) mass is 308 g/mol. The first-order valence-corrected chi connectivity index (χ1v) is 6.71. The molecule has 1 unspecified atom stereocenters. The highest BCUT2D eigenvalue weighted by atomic mass is 79.9. The van der Waals surface area contributed by atoms with E-state index in [1.807, 2.05) is 55.5 Å². The van der Waals surface area contributed by atoms with Crippen LogP contribution in [0.1, 0.15) is 18.9 Å². The summed E-state index contributed by atoms with van der Waals surface area (Å²) in [5, 5.41) is 0. The van der Waals surface area contributed by atoms with E-state index in [4.69, 9.17) is 4.74 Å². The zero-order valence-corrected chi connectivity index (χ0v) is 12.0. The summed E-state index contributed by atoms with van der Waals surface area (Å²) in [5.41, 5.74) is 1.14. The molecule has 96 valence electrons. The Morgan fingerprint density at radius 2 is 2.11 bits per heavy atom. The van der Waals surface area contributed by atoms with Crippen LogP contribution in [0.25, 0.3) is 6.08 Å². The number of aldehydes is 1. The Kier molecular flexibility index (Phi) is 7.30. The predicted octanol–water partition coefficient (Wildman–Crippen LogP) is 3.97. The fourth-order valence-corrected chi connectivity index (χ4v) is 1.66. The maximum Gasteiger partial charge on any atom is 0.156 e. The third-order valence-electron chi connectivity index (χ3n) is 2.34. The maximum absolute atomic E-state index is 10.5. The standard InChI is InChI=1S/C15H17BrO2/c1-2-18-15(11-9-14(16)12-17)10-8-13-6-4-3-5-7-13/h3-10,12,15H,2,11H2,1H3/b10-8+,14-9-. The maximum atomic E-state index is 10.5. The minimum atomic E-state index is -0.0114. The zero-order chi connectivity index (χ0) is 13.2. The largest absolute Gasteiger partial charge is 0.374 e. The van der Waals surface area contributed by atoms with E-state index in [9.17, 15) is 4.79 Å². The van der Waals surface area contributed by atoms with Crippen molar-refractivity contribution in [1.82, 2.24) is 0 Å². The van der Waals surface area contributed by atoms with Gasteiger partial charge >= 0.3 is 0 Å². The van der Waals surface area contributed by atoms with Crippen molar-refractivity contribution in [2.75, 3.05) is 6.61 Å². The van der Waals surface area contributed by atoms with Crippen LogP contribution in [0.4, 0.5) is 0 Å². The minimum absolute atomic E-state index is 0.0114. The van der Waals surface area contributed by atoms with Gasteiger partial charge in [-0.25, -0.2) is 0 Å². The van der Waals surface area contributed by atoms with Crippen LogP contribution in [0.15, 0.2) is 47.0 Å². The van der Waals surface area contributed by atoms with Gasteiger partial charge in [0.15, 0.2) is 6.29 Å². The molecule has 1 rings (SSSR count). The van der Waals surface area contributed by atoms with Crippen molar-refractivity contribution >= 4 is 28.3 Å². The lowest BCUT2D eigenvalue weighted by Crippen LogP contribution is -2.08. The van der Waals surface area contributed by atoms with Crippen LogP contribution in [0, 0.1) is 0 Å². The highest BCUT2D eigenvalue weighted by Crippen LogP contribution is 2.10. The molecule has 0 bridgehead atoms. The Labute approximate surface area is 116 Å². The van der Waals surface area contributed by atoms with Crippen LogP contribution < -0.4 is 0 Å². The van der Waals surface area contributed by atoms with Gasteiger partial charge in [0.1, 0.15) is 0 Å². The minimum Gasteiger partial charge on any atom is -0.374 e. The second-order valence-electron chi connectivity index (χ2n) is 3.71. The van der Waals surface area contributed by atoms with Gasteiger partial charge in [-0.15, -0.1) is 0 Å². The van der Waals surface area contributed by atoms with E-state index >= 15 is 0 Å². The van der Waals surface area contributed by atoms with Gasteiger partial charge in [0.2, 0.25) is 0 Å². The first kappa shape index (κ1) is 14.9. The summed E-state index contributed by atoms with van der Waals surface area (Å²) >= 11 is 3.17. The molecule has 1 aromatic carbocycles. The zero-order valence-electron chi connectivity index (χ0n) is 10.4. The van der Waals surface area contributed by atoms with Crippen molar-refractivity contribution < 1.29 is 9.53 Å². The van der Waals surface area contributed by atoms with Crippen molar-refractivity contribution in [3.8, 4) is 0 Å². The SMILES string of the molecule is CCOC(/C=C/c1ccccc1)C/C=C(\Br)C=O.